The molecule has 6 nitrogen and oxygen atoms in total. The number of aromatic carboxylic acids is 1. The zero-order chi connectivity index (χ0) is 11.6. The van der Waals surface area contributed by atoms with Crippen LogP contribution in [0.1, 0.15) is 10.4 Å². The summed E-state index contributed by atoms with van der Waals surface area (Å²) in [6, 6.07) is 0. The number of hydrogen-bond donors (Lipinski definition) is 3. The summed E-state index contributed by atoms with van der Waals surface area (Å²) in [4.78, 5) is 20.9. The Labute approximate surface area is 80.1 Å². The number of H-pyrrole nitrogens is 1. The van der Waals surface area contributed by atoms with Gasteiger partial charge in [-0.1, -0.05) is 0 Å². The minimum Gasteiger partial charge on any atom is -0.477 e. The molecule has 0 radical (unpaired) electrons. The van der Waals surface area contributed by atoms with Crippen LogP contribution < -0.4 is 5.32 Å². The number of carbonyl (C=O) groups excluding carboxylic acids is 1. The Morgan fingerprint density at radius 2 is 2.07 bits per heavy atom. The molecule has 9 heteroatoms. The summed E-state index contributed by atoms with van der Waals surface area (Å²) < 4.78 is 35.3. The van der Waals surface area contributed by atoms with Gasteiger partial charge < -0.3 is 10.4 Å². The summed E-state index contributed by atoms with van der Waals surface area (Å²) in [5, 5.41) is 14.9. The van der Waals surface area contributed by atoms with Gasteiger partial charge in [-0.25, -0.2) is 4.79 Å². The first-order chi connectivity index (χ1) is 6.82. The van der Waals surface area contributed by atoms with Crippen LogP contribution in [0, 0.1) is 0 Å². The predicted octanol–water partition coefficient (Wildman–Crippen LogP) is 0.609. The van der Waals surface area contributed by atoms with Crippen molar-refractivity contribution in [1.29, 1.82) is 0 Å². The van der Waals surface area contributed by atoms with Gasteiger partial charge in [-0.15, -0.1) is 0 Å². The molecule has 0 saturated heterocycles. The molecule has 3 N–H and O–H groups in total. The van der Waals surface area contributed by atoms with Gasteiger partial charge in [0.25, 0.3) is 0 Å². The third-order valence-electron chi connectivity index (χ3n) is 1.37. The molecule has 0 unspecified atom stereocenters. The molecular weight excluding hydrogens is 219 g/mol. The van der Waals surface area contributed by atoms with Crippen molar-refractivity contribution in [2.24, 2.45) is 0 Å². The summed E-state index contributed by atoms with van der Waals surface area (Å²) in [6.07, 6.45) is -4.30. The fourth-order valence-corrected chi connectivity index (χ4v) is 0.728. The fourth-order valence-electron chi connectivity index (χ4n) is 0.728. The van der Waals surface area contributed by atoms with Crippen LogP contribution in [-0.2, 0) is 4.79 Å². The number of anilines is 1. The maximum atomic E-state index is 11.8. The van der Waals surface area contributed by atoms with E-state index in [-0.39, 0.29) is 0 Å². The van der Waals surface area contributed by atoms with Gasteiger partial charge in [-0.2, -0.15) is 18.3 Å². The largest absolute Gasteiger partial charge is 0.477 e. The number of carboxylic acid groups (broad SMARTS) is 1. The number of aromatic amines is 1. The van der Waals surface area contributed by atoms with Gasteiger partial charge in [0, 0.05) is 0 Å². The van der Waals surface area contributed by atoms with Crippen molar-refractivity contribution in [3.05, 3.63) is 11.8 Å². The molecule has 0 aliphatic carbocycles. The Morgan fingerprint density at radius 1 is 1.47 bits per heavy atom. The predicted molar refractivity (Wildman–Crippen MR) is 40.2 cm³/mol. The average molecular weight is 223 g/mol. The number of carbonyl (C=O) groups is 2. The monoisotopic (exact) mass is 223 g/mol. The average Bonchev–Trinajstić information content (AvgIpc) is 2.50. The molecule has 82 valence electrons. The molecular formula is C6H4F3N3O3. The number of rotatable bonds is 2. The van der Waals surface area contributed by atoms with Gasteiger partial charge in [0.15, 0.2) is 0 Å². The van der Waals surface area contributed by atoms with Crippen molar-refractivity contribution in [3.8, 4) is 0 Å². The van der Waals surface area contributed by atoms with Crippen molar-refractivity contribution in [2.75, 3.05) is 5.32 Å². The zero-order valence-electron chi connectivity index (χ0n) is 6.92. The summed E-state index contributed by atoms with van der Waals surface area (Å²) in [5.74, 6) is -4.37. The van der Waals surface area contributed by atoms with E-state index >= 15 is 0 Å². The van der Waals surface area contributed by atoms with Gasteiger partial charge in [0.1, 0.15) is 11.4 Å². The Hall–Kier alpha value is -2.06. The van der Waals surface area contributed by atoms with Gasteiger partial charge in [-0.05, 0) is 0 Å². The highest BCUT2D eigenvalue weighted by molar-refractivity contribution is 6.00. The van der Waals surface area contributed by atoms with E-state index in [4.69, 9.17) is 5.11 Å². The standard InChI is InChI=1S/C6H4F3N3O3/c7-6(8,9)5(15)11-3-2(4(13)14)1-10-12-3/h1H,(H,13,14)(H2,10,11,12,15). The molecule has 1 heterocycles. The highest BCUT2D eigenvalue weighted by atomic mass is 19.4. The molecule has 1 aromatic rings. The lowest BCUT2D eigenvalue weighted by Crippen LogP contribution is -2.30. The van der Waals surface area contributed by atoms with Crippen LogP contribution in [0.4, 0.5) is 19.0 Å². The number of nitrogens with zero attached hydrogens (tertiary/aromatic N) is 1. The van der Waals surface area contributed by atoms with Gasteiger partial charge in [-0.3, -0.25) is 9.89 Å². The molecule has 15 heavy (non-hydrogen) atoms. The van der Waals surface area contributed by atoms with Crippen LogP contribution in [-0.4, -0.2) is 33.4 Å². The second-order valence-corrected chi connectivity index (χ2v) is 2.42. The van der Waals surface area contributed by atoms with Crippen molar-refractivity contribution in [1.82, 2.24) is 10.2 Å². The van der Waals surface area contributed by atoms with E-state index < -0.39 is 29.4 Å². The molecule has 0 aliphatic heterocycles. The minimum absolute atomic E-state index is 0.549. The third-order valence-corrected chi connectivity index (χ3v) is 1.37. The fraction of sp³-hybridized carbons (Fsp3) is 0.167. The van der Waals surface area contributed by atoms with E-state index in [0.29, 0.717) is 0 Å². The molecule has 1 amide bonds. The lowest BCUT2D eigenvalue weighted by Gasteiger charge is -2.06. The quantitative estimate of drug-likeness (QED) is 0.684. The summed E-state index contributed by atoms with van der Waals surface area (Å²) >= 11 is 0. The number of aromatic nitrogens is 2. The highest BCUT2D eigenvalue weighted by Crippen LogP contribution is 2.18. The summed E-state index contributed by atoms with van der Waals surface area (Å²) in [5.41, 5.74) is -0.549. The van der Waals surface area contributed by atoms with Crippen molar-refractivity contribution >= 4 is 17.7 Å². The lowest BCUT2D eigenvalue weighted by atomic mass is 10.3. The number of amides is 1. The number of nitrogens with one attached hydrogen (secondary N) is 2. The van der Waals surface area contributed by atoms with E-state index in [2.05, 4.69) is 5.10 Å². The first kappa shape index (κ1) is 11.0. The Kier molecular flexibility index (Phi) is 2.64. The van der Waals surface area contributed by atoms with E-state index in [1.165, 1.54) is 5.32 Å². The number of alkyl halides is 3. The molecule has 0 saturated carbocycles. The van der Waals surface area contributed by atoms with Crippen LogP contribution in [0.15, 0.2) is 6.20 Å². The van der Waals surface area contributed by atoms with Crippen molar-refractivity contribution in [3.63, 3.8) is 0 Å². The molecule has 1 aromatic heterocycles. The van der Waals surface area contributed by atoms with Gasteiger partial charge in [0.05, 0.1) is 6.20 Å². The van der Waals surface area contributed by atoms with Crippen LogP contribution in [0.3, 0.4) is 0 Å². The molecule has 0 fully saturated rings. The van der Waals surface area contributed by atoms with Gasteiger partial charge >= 0.3 is 18.1 Å². The molecule has 0 spiro atoms. The Morgan fingerprint density at radius 3 is 2.53 bits per heavy atom. The first-order valence-electron chi connectivity index (χ1n) is 3.47. The molecule has 1 rings (SSSR count). The van der Waals surface area contributed by atoms with E-state index in [1.54, 1.807) is 0 Å². The number of hydrogen-bond acceptors (Lipinski definition) is 3. The zero-order valence-corrected chi connectivity index (χ0v) is 6.92. The lowest BCUT2D eigenvalue weighted by molar-refractivity contribution is -0.167. The molecule has 0 atom stereocenters. The third kappa shape index (κ3) is 2.45. The second kappa shape index (κ2) is 3.59. The maximum absolute atomic E-state index is 11.8. The smallest absolute Gasteiger partial charge is 0.471 e. The second-order valence-electron chi connectivity index (χ2n) is 2.42. The topological polar surface area (TPSA) is 95.1 Å². The van der Waals surface area contributed by atoms with E-state index in [0.717, 1.165) is 6.20 Å². The van der Waals surface area contributed by atoms with Crippen molar-refractivity contribution < 1.29 is 27.9 Å². The maximum Gasteiger partial charge on any atom is 0.471 e. The van der Waals surface area contributed by atoms with Crippen LogP contribution in [0.25, 0.3) is 0 Å². The van der Waals surface area contributed by atoms with Crippen molar-refractivity contribution in [2.45, 2.75) is 6.18 Å². The minimum atomic E-state index is -5.08. The molecule has 0 bridgehead atoms. The number of carboxylic acids is 1. The number of halogens is 3. The first-order valence-corrected chi connectivity index (χ1v) is 3.47. The SMILES string of the molecule is O=C(O)c1cn[nH]c1NC(=O)C(F)(F)F. The normalized spacial score (nSPS) is 11.1. The summed E-state index contributed by atoms with van der Waals surface area (Å²) in [7, 11) is 0. The van der Waals surface area contributed by atoms with Gasteiger partial charge in [0.2, 0.25) is 0 Å². The van der Waals surface area contributed by atoms with Crippen LogP contribution in [0.2, 0.25) is 0 Å². The molecule has 0 aliphatic rings. The van der Waals surface area contributed by atoms with E-state index in [1.807, 2.05) is 5.10 Å². The Bertz CT molecular complexity index is 398. The Balaban J connectivity index is 2.86. The molecule has 0 aromatic carbocycles. The van der Waals surface area contributed by atoms with E-state index in [9.17, 15) is 22.8 Å². The highest BCUT2D eigenvalue weighted by Gasteiger charge is 2.39. The summed E-state index contributed by atoms with van der Waals surface area (Å²) in [6.45, 7) is 0. The van der Waals surface area contributed by atoms with Crippen LogP contribution in [0.5, 0.6) is 0 Å². The van der Waals surface area contributed by atoms with Crippen LogP contribution >= 0.6 is 0 Å².